The molecule has 1 aromatic heterocycles. The van der Waals surface area contributed by atoms with Crippen molar-refractivity contribution in [3.05, 3.63) is 46.8 Å². The number of aryl methyl sites for hydroxylation is 2. The van der Waals surface area contributed by atoms with Gasteiger partial charge in [-0.1, -0.05) is 17.3 Å². The van der Waals surface area contributed by atoms with Crippen molar-refractivity contribution in [2.24, 2.45) is 0 Å². The minimum atomic E-state index is -0.577. The van der Waals surface area contributed by atoms with E-state index in [1.807, 2.05) is 13.8 Å². The Hall–Kier alpha value is -2.83. The van der Waals surface area contributed by atoms with E-state index in [1.54, 1.807) is 29.2 Å². The van der Waals surface area contributed by atoms with Crippen LogP contribution in [0, 0.1) is 13.8 Å². The van der Waals surface area contributed by atoms with Crippen molar-refractivity contribution in [2.45, 2.75) is 33.3 Å². The summed E-state index contributed by atoms with van der Waals surface area (Å²) in [6, 6.07) is 6.80. The van der Waals surface area contributed by atoms with Crippen LogP contribution in [-0.2, 0) is 16.1 Å². The molecule has 0 unspecified atom stereocenters. The van der Waals surface area contributed by atoms with Gasteiger partial charge in [-0.05, 0) is 38.8 Å². The molecule has 7 heteroatoms. The number of likely N-dealkylation sites (tertiary alicyclic amines) is 1. The van der Waals surface area contributed by atoms with E-state index in [0.717, 1.165) is 37.2 Å². The maximum Gasteiger partial charge on any atom is 0.342 e. The normalized spacial score (nSPS) is 13.7. The topological polar surface area (TPSA) is 81.9 Å². The van der Waals surface area contributed by atoms with Gasteiger partial charge < -0.3 is 18.9 Å². The summed E-state index contributed by atoms with van der Waals surface area (Å²) < 4.78 is 16.1. The van der Waals surface area contributed by atoms with Crippen LogP contribution in [0.3, 0.4) is 0 Å². The lowest BCUT2D eigenvalue weighted by Gasteiger charge is -2.15. The molecule has 0 radical (unpaired) electrons. The molecule has 1 aliphatic heterocycles. The van der Waals surface area contributed by atoms with Crippen molar-refractivity contribution in [1.29, 1.82) is 0 Å². The predicted molar refractivity (Wildman–Crippen MR) is 92.8 cm³/mol. The third-order valence-corrected chi connectivity index (χ3v) is 4.45. The highest BCUT2D eigenvalue weighted by Gasteiger charge is 2.21. The van der Waals surface area contributed by atoms with E-state index in [-0.39, 0.29) is 24.7 Å². The van der Waals surface area contributed by atoms with Gasteiger partial charge in [-0.15, -0.1) is 0 Å². The summed E-state index contributed by atoms with van der Waals surface area (Å²) in [5.74, 6) is 0.335. The minimum Gasteiger partial charge on any atom is -0.488 e. The van der Waals surface area contributed by atoms with Gasteiger partial charge in [0.15, 0.2) is 6.61 Å². The number of ether oxygens (including phenoxy) is 2. The number of amides is 1. The van der Waals surface area contributed by atoms with Crippen LogP contribution in [0.15, 0.2) is 28.8 Å². The second kappa shape index (κ2) is 8.03. The summed E-state index contributed by atoms with van der Waals surface area (Å²) in [6.07, 6.45) is 2.00. The number of carbonyl (C=O) groups is 2. The van der Waals surface area contributed by atoms with E-state index in [4.69, 9.17) is 14.0 Å². The van der Waals surface area contributed by atoms with Crippen LogP contribution in [0.25, 0.3) is 0 Å². The number of hydrogen-bond acceptors (Lipinski definition) is 6. The molecule has 7 nitrogen and oxygen atoms in total. The van der Waals surface area contributed by atoms with Crippen molar-refractivity contribution in [3.8, 4) is 5.75 Å². The first-order chi connectivity index (χ1) is 12.6. The number of rotatable bonds is 6. The SMILES string of the molecule is Cc1noc(C)c1COc1ccccc1C(=O)OCC(=O)N1CCCC1. The molecule has 0 aliphatic carbocycles. The number of esters is 1. The molecule has 1 aliphatic rings. The molecular formula is C19H22N2O5. The van der Waals surface area contributed by atoms with Crippen LogP contribution in [0.5, 0.6) is 5.75 Å². The Bertz CT molecular complexity index is 773. The van der Waals surface area contributed by atoms with E-state index in [2.05, 4.69) is 5.16 Å². The number of benzene rings is 1. The number of hydrogen-bond donors (Lipinski definition) is 0. The summed E-state index contributed by atoms with van der Waals surface area (Å²) in [6.45, 7) is 5.08. The van der Waals surface area contributed by atoms with Crippen molar-refractivity contribution in [3.63, 3.8) is 0 Å². The number of nitrogens with zero attached hydrogens (tertiary/aromatic N) is 2. The summed E-state index contributed by atoms with van der Waals surface area (Å²) in [5, 5.41) is 3.88. The Morgan fingerprint density at radius 1 is 1.19 bits per heavy atom. The van der Waals surface area contributed by atoms with E-state index in [0.29, 0.717) is 11.5 Å². The Labute approximate surface area is 151 Å². The van der Waals surface area contributed by atoms with E-state index < -0.39 is 5.97 Å². The fraction of sp³-hybridized carbons (Fsp3) is 0.421. The summed E-state index contributed by atoms with van der Waals surface area (Å²) in [7, 11) is 0. The van der Waals surface area contributed by atoms with E-state index >= 15 is 0 Å². The van der Waals surface area contributed by atoms with Crippen LogP contribution < -0.4 is 4.74 Å². The van der Waals surface area contributed by atoms with Gasteiger partial charge in [0.05, 0.1) is 11.3 Å². The van der Waals surface area contributed by atoms with Gasteiger partial charge in [0.2, 0.25) is 0 Å². The van der Waals surface area contributed by atoms with Crippen molar-refractivity contribution >= 4 is 11.9 Å². The Morgan fingerprint density at radius 2 is 1.92 bits per heavy atom. The molecule has 0 saturated carbocycles. The third kappa shape index (κ3) is 4.04. The molecule has 1 saturated heterocycles. The highest BCUT2D eigenvalue weighted by atomic mass is 16.5. The van der Waals surface area contributed by atoms with Gasteiger partial charge in [0.1, 0.15) is 23.7 Å². The first-order valence-electron chi connectivity index (χ1n) is 8.64. The second-order valence-electron chi connectivity index (χ2n) is 6.25. The quantitative estimate of drug-likeness (QED) is 0.739. The monoisotopic (exact) mass is 358 g/mol. The molecule has 3 rings (SSSR count). The van der Waals surface area contributed by atoms with Gasteiger partial charge in [0.25, 0.3) is 5.91 Å². The minimum absolute atomic E-state index is 0.162. The molecule has 138 valence electrons. The van der Waals surface area contributed by atoms with Gasteiger partial charge >= 0.3 is 5.97 Å². The maximum absolute atomic E-state index is 12.4. The zero-order valence-corrected chi connectivity index (χ0v) is 15.0. The first kappa shape index (κ1) is 18.0. The van der Waals surface area contributed by atoms with Crippen LogP contribution >= 0.6 is 0 Å². The zero-order chi connectivity index (χ0) is 18.5. The molecule has 1 amide bonds. The molecule has 2 aromatic rings. The molecule has 26 heavy (non-hydrogen) atoms. The fourth-order valence-corrected chi connectivity index (χ4v) is 2.88. The van der Waals surface area contributed by atoms with Crippen LogP contribution in [0.4, 0.5) is 0 Å². The average molecular weight is 358 g/mol. The van der Waals surface area contributed by atoms with Gasteiger partial charge in [-0.25, -0.2) is 4.79 Å². The number of para-hydroxylation sites is 1. The van der Waals surface area contributed by atoms with E-state index in [9.17, 15) is 9.59 Å². The first-order valence-corrected chi connectivity index (χ1v) is 8.64. The zero-order valence-electron chi connectivity index (χ0n) is 15.0. The Balaban J connectivity index is 1.62. The molecule has 2 heterocycles. The van der Waals surface area contributed by atoms with Crippen molar-refractivity contribution in [2.75, 3.05) is 19.7 Å². The van der Waals surface area contributed by atoms with Crippen molar-refractivity contribution < 1.29 is 23.6 Å². The Kier molecular flexibility index (Phi) is 5.55. The fourth-order valence-electron chi connectivity index (χ4n) is 2.88. The Morgan fingerprint density at radius 3 is 2.62 bits per heavy atom. The number of carbonyl (C=O) groups excluding carboxylic acids is 2. The maximum atomic E-state index is 12.4. The standard InChI is InChI=1S/C19H22N2O5/c1-13-16(14(2)26-20-13)11-24-17-8-4-3-7-15(17)19(23)25-12-18(22)21-9-5-6-10-21/h3-4,7-8H,5-6,9-12H2,1-2H3. The second-order valence-corrected chi connectivity index (χ2v) is 6.25. The summed E-state index contributed by atoms with van der Waals surface area (Å²) >= 11 is 0. The lowest BCUT2D eigenvalue weighted by molar-refractivity contribution is -0.133. The van der Waals surface area contributed by atoms with Gasteiger partial charge in [0, 0.05) is 13.1 Å². The van der Waals surface area contributed by atoms with Gasteiger partial charge in [-0.2, -0.15) is 0 Å². The van der Waals surface area contributed by atoms with Crippen molar-refractivity contribution in [1.82, 2.24) is 10.1 Å². The number of aromatic nitrogens is 1. The molecular weight excluding hydrogens is 336 g/mol. The molecule has 0 N–H and O–H groups in total. The molecule has 0 atom stereocenters. The highest BCUT2D eigenvalue weighted by Crippen LogP contribution is 2.22. The smallest absolute Gasteiger partial charge is 0.342 e. The predicted octanol–water partition coefficient (Wildman–Crippen LogP) is 2.65. The third-order valence-electron chi connectivity index (χ3n) is 4.45. The van der Waals surface area contributed by atoms with Gasteiger partial charge in [-0.3, -0.25) is 4.79 Å². The van der Waals surface area contributed by atoms with Crippen LogP contribution in [0.2, 0.25) is 0 Å². The highest BCUT2D eigenvalue weighted by molar-refractivity contribution is 5.94. The van der Waals surface area contributed by atoms with E-state index in [1.165, 1.54) is 0 Å². The van der Waals surface area contributed by atoms with Crippen LogP contribution in [-0.4, -0.2) is 41.6 Å². The molecule has 1 aromatic carbocycles. The molecule has 0 bridgehead atoms. The lowest BCUT2D eigenvalue weighted by Crippen LogP contribution is -2.32. The summed E-state index contributed by atoms with van der Waals surface area (Å²) in [4.78, 5) is 26.1. The van der Waals surface area contributed by atoms with Crippen LogP contribution in [0.1, 0.15) is 40.2 Å². The largest absolute Gasteiger partial charge is 0.488 e. The summed E-state index contributed by atoms with van der Waals surface area (Å²) in [5.41, 5.74) is 1.88. The molecule has 1 fully saturated rings. The molecule has 0 spiro atoms. The lowest BCUT2D eigenvalue weighted by atomic mass is 10.2. The average Bonchev–Trinajstić information content (AvgIpc) is 3.29.